The number of rotatable bonds is 11. The van der Waals surface area contributed by atoms with Crippen molar-refractivity contribution in [3.8, 4) is 0 Å². The van der Waals surface area contributed by atoms with Gasteiger partial charge in [-0.1, -0.05) is 13.8 Å². The van der Waals surface area contributed by atoms with Gasteiger partial charge >= 0.3 is 25.5 Å². The molecule has 0 heterocycles. The lowest BCUT2D eigenvalue weighted by Crippen LogP contribution is -2.51. The van der Waals surface area contributed by atoms with Crippen LogP contribution in [0.5, 0.6) is 0 Å². The topological polar surface area (TPSA) is 147 Å². The molecule has 9 nitrogen and oxygen atoms in total. The predicted octanol–water partition coefficient (Wildman–Crippen LogP) is 1.91. The van der Waals surface area contributed by atoms with E-state index in [0.717, 1.165) is 0 Å². The van der Waals surface area contributed by atoms with Gasteiger partial charge < -0.3 is 24.4 Å². The maximum absolute atomic E-state index is 12.6. The summed E-state index contributed by atoms with van der Waals surface area (Å²) >= 11 is 0. The summed E-state index contributed by atoms with van der Waals surface area (Å²) in [5, 5.41) is 27.5. The SMILES string of the molecule is CCOP(=O)(OCC)C(C)CC(C)C(C(=O)O)(C(=O)O)C(=O)O. The Labute approximate surface area is 134 Å². The summed E-state index contributed by atoms with van der Waals surface area (Å²) in [5.74, 6) is -7.31. The van der Waals surface area contributed by atoms with E-state index in [0.29, 0.717) is 0 Å². The second-order valence-corrected chi connectivity index (χ2v) is 7.56. The molecular weight excluding hydrogens is 331 g/mol. The number of carboxylic acid groups (broad SMARTS) is 3. The lowest BCUT2D eigenvalue weighted by atomic mass is 9.74. The van der Waals surface area contributed by atoms with Gasteiger partial charge in [-0.2, -0.15) is 0 Å². The Balaban J connectivity index is 5.61. The number of carboxylic acids is 3. The minimum absolute atomic E-state index is 0.0813. The van der Waals surface area contributed by atoms with E-state index in [1.807, 2.05) is 0 Å². The van der Waals surface area contributed by atoms with Crippen LogP contribution in [0.1, 0.15) is 34.1 Å². The molecule has 3 N–H and O–H groups in total. The Kier molecular flexibility index (Phi) is 7.90. The lowest BCUT2D eigenvalue weighted by molar-refractivity contribution is -0.180. The van der Waals surface area contributed by atoms with Crippen molar-refractivity contribution in [3.05, 3.63) is 0 Å². The second-order valence-electron chi connectivity index (χ2n) is 5.08. The van der Waals surface area contributed by atoms with Gasteiger partial charge in [-0.15, -0.1) is 0 Å². The van der Waals surface area contributed by atoms with E-state index in [-0.39, 0.29) is 19.6 Å². The summed E-state index contributed by atoms with van der Waals surface area (Å²) in [6, 6.07) is 0. The van der Waals surface area contributed by atoms with E-state index in [1.165, 1.54) is 13.8 Å². The molecule has 2 atom stereocenters. The molecule has 23 heavy (non-hydrogen) atoms. The molecule has 0 aromatic heterocycles. The van der Waals surface area contributed by atoms with Crippen LogP contribution >= 0.6 is 7.60 Å². The van der Waals surface area contributed by atoms with Gasteiger partial charge in [-0.25, -0.2) is 0 Å². The van der Waals surface area contributed by atoms with E-state index < -0.39 is 42.5 Å². The molecule has 0 aromatic rings. The van der Waals surface area contributed by atoms with E-state index in [2.05, 4.69) is 0 Å². The largest absolute Gasteiger partial charge is 0.480 e. The van der Waals surface area contributed by atoms with E-state index >= 15 is 0 Å². The second kappa shape index (κ2) is 8.42. The minimum atomic E-state index is -3.60. The van der Waals surface area contributed by atoms with Gasteiger partial charge in [-0.3, -0.25) is 18.9 Å². The molecule has 0 spiro atoms. The fraction of sp³-hybridized carbons (Fsp3) is 0.769. The van der Waals surface area contributed by atoms with Crippen LogP contribution in [0, 0.1) is 11.3 Å². The summed E-state index contributed by atoms with van der Waals surface area (Å²) in [6.07, 6.45) is -0.276. The van der Waals surface area contributed by atoms with Gasteiger partial charge in [-0.05, 0) is 26.2 Å². The molecule has 2 unspecified atom stereocenters. The van der Waals surface area contributed by atoms with Crippen molar-refractivity contribution in [3.63, 3.8) is 0 Å². The highest BCUT2D eigenvalue weighted by molar-refractivity contribution is 7.54. The maximum atomic E-state index is 12.6. The van der Waals surface area contributed by atoms with Crippen LogP contribution < -0.4 is 0 Å². The third-order valence-electron chi connectivity index (χ3n) is 3.60. The zero-order valence-electron chi connectivity index (χ0n) is 13.5. The summed E-state index contributed by atoms with van der Waals surface area (Å²) in [6.45, 7) is 5.97. The van der Waals surface area contributed by atoms with Crippen LogP contribution in [0.3, 0.4) is 0 Å². The molecule has 0 rings (SSSR count). The predicted molar refractivity (Wildman–Crippen MR) is 79.4 cm³/mol. The average Bonchev–Trinajstić information content (AvgIpc) is 2.38. The Bertz CT molecular complexity index is 456. The lowest BCUT2D eigenvalue weighted by Gasteiger charge is -2.31. The Hall–Kier alpha value is -1.44. The average molecular weight is 354 g/mol. The first-order valence-electron chi connectivity index (χ1n) is 7.09. The van der Waals surface area contributed by atoms with Crippen LogP contribution in [0.25, 0.3) is 0 Å². The van der Waals surface area contributed by atoms with Crippen molar-refractivity contribution in [1.29, 1.82) is 0 Å². The van der Waals surface area contributed by atoms with Crippen LogP contribution in [0.4, 0.5) is 0 Å². The maximum Gasteiger partial charge on any atom is 0.333 e. The first-order chi connectivity index (χ1) is 10.5. The third-order valence-corrected chi connectivity index (χ3v) is 6.13. The van der Waals surface area contributed by atoms with Gasteiger partial charge in [0.2, 0.25) is 0 Å². The Morgan fingerprint density at radius 2 is 1.30 bits per heavy atom. The van der Waals surface area contributed by atoms with Gasteiger partial charge in [0.15, 0.2) is 0 Å². The summed E-state index contributed by atoms with van der Waals surface area (Å²) < 4.78 is 22.8. The number of aliphatic carboxylic acids is 3. The Morgan fingerprint density at radius 1 is 0.957 bits per heavy atom. The van der Waals surface area contributed by atoms with Crippen molar-refractivity contribution in [2.75, 3.05) is 13.2 Å². The monoisotopic (exact) mass is 354 g/mol. The molecule has 0 bridgehead atoms. The number of hydrogen-bond acceptors (Lipinski definition) is 6. The standard InChI is InChI=1S/C13H23O9P/c1-5-21-23(20,22-6-2)9(4)7-8(3)13(10(14)15,11(16)17)12(18)19/h8-9H,5-7H2,1-4H3,(H,14,15)(H,16,17)(H,18,19). The van der Waals surface area contributed by atoms with Crippen molar-refractivity contribution in [1.82, 2.24) is 0 Å². The highest BCUT2D eigenvalue weighted by Crippen LogP contribution is 2.55. The highest BCUT2D eigenvalue weighted by Gasteiger charge is 2.59. The van der Waals surface area contributed by atoms with E-state index in [9.17, 15) is 18.9 Å². The van der Waals surface area contributed by atoms with Crippen molar-refractivity contribution in [2.24, 2.45) is 11.3 Å². The minimum Gasteiger partial charge on any atom is -0.480 e. The molecule has 134 valence electrons. The zero-order valence-corrected chi connectivity index (χ0v) is 14.4. The first-order valence-corrected chi connectivity index (χ1v) is 8.70. The summed E-state index contributed by atoms with van der Waals surface area (Å²) in [4.78, 5) is 34.0. The van der Waals surface area contributed by atoms with Crippen molar-refractivity contribution in [2.45, 2.75) is 39.8 Å². The van der Waals surface area contributed by atoms with Gasteiger partial charge in [0.1, 0.15) is 0 Å². The van der Waals surface area contributed by atoms with Crippen molar-refractivity contribution < 1.29 is 43.3 Å². The molecular formula is C13H23O9P. The van der Waals surface area contributed by atoms with Crippen LogP contribution in [0.15, 0.2) is 0 Å². The van der Waals surface area contributed by atoms with Gasteiger partial charge in [0.25, 0.3) is 5.41 Å². The normalized spacial score (nSPS) is 15.0. The van der Waals surface area contributed by atoms with E-state index in [1.54, 1.807) is 13.8 Å². The van der Waals surface area contributed by atoms with Crippen LogP contribution in [-0.4, -0.2) is 52.1 Å². The number of hydrogen-bond donors (Lipinski definition) is 3. The van der Waals surface area contributed by atoms with Crippen LogP contribution in [0.2, 0.25) is 0 Å². The van der Waals surface area contributed by atoms with Gasteiger partial charge in [0, 0.05) is 0 Å². The fourth-order valence-electron chi connectivity index (χ4n) is 2.38. The molecule has 0 radical (unpaired) electrons. The summed E-state index contributed by atoms with van der Waals surface area (Å²) in [5.41, 5.74) is -3.90. The van der Waals surface area contributed by atoms with Crippen LogP contribution in [-0.2, 0) is 28.0 Å². The van der Waals surface area contributed by atoms with Crippen molar-refractivity contribution >= 4 is 25.5 Å². The Morgan fingerprint density at radius 3 is 1.57 bits per heavy atom. The van der Waals surface area contributed by atoms with E-state index in [4.69, 9.17) is 24.4 Å². The first kappa shape index (κ1) is 21.6. The fourth-order valence-corrected chi connectivity index (χ4v) is 4.25. The summed E-state index contributed by atoms with van der Waals surface area (Å²) in [7, 11) is -3.60. The molecule has 0 fully saturated rings. The third kappa shape index (κ3) is 4.31. The molecule has 0 aliphatic rings. The smallest absolute Gasteiger partial charge is 0.333 e. The van der Waals surface area contributed by atoms with Gasteiger partial charge in [0.05, 0.1) is 18.9 Å². The molecule has 10 heteroatoms. The molecule has 0 saturated carbocycles. The number of carbonyl (C=O) groups is 3. The zero-order chi connectivity index (χ0) is 18.4. The molecule has 0 aromatic carbocycles. The molecule has 0 aliphatic heterocycles. The highest BCUT2D eigenvalue weighted by atomic mass is 31.2. The quantitative estimate of drug-likeness (QED) is 0.374. The molecule has 0 amide bonds. The molecule has 0 aliphatic carbocycles. The molecule has 0 saturated heterocycles.